The maximum absolute atomic E-state index is 13.7. The summed E-state index contributed by atoms with van der Waals surface area (Å²) in [5, 5.41) is 11.2. The third-order valence-electron chi connectivity index (χ3n) is 5.63. The van der Waals surface area contributed by atoms with Crippen LogP contribution < -0.4 is 10.2 Å². The standard InChI is InChI=1S/C22H18Cl2N4O2/c1-21(2,3)18-16-17(26-27-18)19(29)28(13-6-4-5-11(23)9-13)22(16)14-8-7-12(24)10-15(14)25-20(22)30/h4-10H,1-3H3,(H,25,30)(H,26,27). The van der Waals surface area contributed by atoms with Gasteiger partial charge in [0.1, 0.15) is 0 Å². The topological polar surface area (TPSA) is 78.1 Å². The summed E-state index contributed by atoms with van der Waals surface area (Å²) in [6.07, 6.45) is 0. The summed E-state index contributed by atoms with van der Waals surface area (Å²) in [6.45, 7) is 6.03. The van der Waals surface area contributed by atoms with E-state index in [1.807, 2.05) is 20.8 Å². The van der Waals surface area contributed by atoms with Gasteiger partial charge in [0.2, 0.25) is 0 Å². The number of hydrogen-bond donors (Lipinski definition) is 2. The van der Waals surface area contributed by atoms with Gasteiger partial charge in [-0.25, -0.2) is 0 Å². The number of rotatable bonds is 1. The van der Waals surface area contributed by atoms with Crippen molar-refractivity contribution in [2.45, 2.75) is 31.7 Å². The lowest BCUT2D eigenvalue weighted by Crippen LogP contribution is -2.51. The Morgan fingerprint density at radius 1 is 1.03 bits per heavy atom. The van der Waals surface area contributed by atoms with Crippen LogP contribution >= 0.6 is 23.2 Å². The number of carbonyl (C=O) groups excluding carboxylic acids is 2. The Hall–Kier alpha value is -2.83. The van der Waals surface area contributed by atoms with Crippen LogP contribution in [-0.4, -0.2) is 22.0 Å². The van der Waals surface area contributed by atoms with Gasteiger partial charge in [0, 0.05) is 43.7 Å². The molecule has 1 aromatic heterocycles. The Morgan fingerprint density at radius 2 is 1.77 bits per heavy atom. The van der Waals surface area contributed by atoms with Gasteiger partial charge < -0.3 is 5.32 Å². The van der Waals surface area contributed by atoms with Crippen molar-refractivity contribution >= 4 is 46.4 Å². The Labute approximate surface area is 183 Å². The van der Waals surface area contributed by atoms with Gasteiger partial charge in [-0.05, 0) is 30.3 Å². The lowest BCUT2D eigenvalue weighted by molar-refractivity contribution is -0.119. The zero-order chi connectivity index (χ0) is 21.4. The first-order chi connectivity index (χ1) is 14.2. The molecular formula is C22H18Cl2N4O2. The van der Waals surface area contributed by atoms with E-state index >= 15 is 0 Å². The highest BCUT2D eigenvalue weighted by atomic mass is 35.5. The fraction of sp³-hybridized carbons (Fsp3) is 0.227. The number of carbonyl (C=O) groups is 2. The Balaban J connectivity index is 1.90. The van der Waals surface area contributed by atoms with E-state index in [2.05, 4.69) is 15.5 Å². The summed E-state index contributed by atoms with van der Waals surface area (Å²) < 4.78 is 0. The first-order valence-electron chi connectivity index (χ1n) is 9.46. The average molecular weight is 441 g/mol. The van der Waals surface area contributed by atoms with E-state index in [1.54, 1.807) is 42.5 Å². The van der Waals surface area contributed by atoms with E-state index in [1.165, 1.54) is 4.90 Å². The minimum atomic E-state index is -1.41. The molecule has 0 bridgehead atoms. The molecule has 1 atom stereocenters. The monoisotopic (exact) mass is 440 g/mol. The van der Waals surface area contributed by atoms with Gasteiger partial charge in [-0.2, -0.15) is 5.10 Å². The highest BCUT2D eigenvalue weighted by Gasteiger charge is 2.63. The van der Waals surface area contributed by atoms with Gasteiger partial charge in [-0.1, -0.05) is 56.1 Å². The summed E-state index contributed by atoms with van der Waals surface area (Å²) in [6, 6.07) is 12.1. The summed E-state index contributed by atoms with van der Waals surface area (Å²) >= 11 is 12.4. The zero-order valence-electron chi connectivity index (χ0n) is 16.5. The van der Waals surface area contributed by atoms with Crippen LogP contribution in [0.2, 0.25) is 10.0 Å². The molecule has 2 N–H and O–H groups in total. The van der Waals surface area contributed by atoms with Crippen LogP contribution in [0.1, 0.15) is 48.1 Å². The van der Waals surface area contributed by atoms with Gasteiger partial charge >= 0.3 is 0 Å². The number of H-pyrrole nitrogens is 1. The molecule has 0 fully saturated rings. The van der Waals surface area contributed by atoms with Gasteiger partial charge in [0.05, 0.1) is 0 Å². The average Bonchev–Trinajstić information content (AvgIpc) is 3.28. The molecule has 8 heteroatoms. The second-order valence-electron chi connectivity index (χ2n) is 8.55. The van der Waals surface area contributed by atoms with Gasteiger partial charge in [0.25, 0.3) is 11.8 Å². The summed E-state index contributed by atoms with van der Waals surface area (Å²) in [5.74, 6) is -0.698. The maximum Gasteiger partial charge on any atom is 0.280 e. The zero-order valence-corrected chi connectivity index (χ0v) is 18.0. The minimum Gasteiger partial charge on any atom is -0.323 e. The van der Waals surface area contributed by atoms with Crippen LogP contribution in [0.3, 0.4) is 0 Å². The second-order valence-corrected chi connectivity index (χ2v) is 9.42. The third-order valence-corrected chi connectivity index (χ3v) is 6.10. The summed E-state index contributed by atoms with van der Waals surface area (Å²) in [4.78, 5) is 28.8. The predicted octanol–water partition coefficient (Wildman–Crippen LogP) is 4.87. The van der Waals surface area contributed by atoms with Crippen molar-refractivity contribution in [3.05, 3.63) is 75.0 Å². The molecule has 6 nitrogen and oxygen atoms in total. The molecule has 2 aliphatic rings. The number of halogens is 2. The highest BCUT2D eigenvalue weighted by molar-refractivity contribution is 6.32. The molecule has 30 heavy (non-hydrogen) atoms. The minimum absolute atomic E-state index is 0.234. The molecule has 5 rings (SSSR count). The molecule has 152 valence electrons. The molecule has 1 unspecified atom stereocenters. The molecule has 3 heterocycles. The van der Waals surface area contributed by atoms with Crippen LogP contribution in [0.15, 0.2) is 42.5 Å². The Bertz CT molecular complexity index is 1240. The molecule has 0 radical (unpaired) electrons. The van der Waals surface area contributed by atoms with E-state index in [4.69, 9.17) is 23.2 Å². The lowest BCUT2D eigenvalue weighted by atomic mass is 9.78. The number of anilines is 2. The van der Waals surface area contributed by atoms with E-state index in [0.29, 0.717) is 32.5 Å². The molecule has 1 spiro atoms. The highest BCUT2D eigenvalue weighted by Crippen LogP contribution is 2.54. The number of benzene rings is 2. The van der Waals surface area contributed by atoms with Gasteiger partial charge in [0.15, 0.2) is 11.2 Å². The van der Waals surface area contributed by atoms with Crippen molar-refractivity contribution in [2.24, 2.45) is 0 Å². The molecule has 2 amide bonds. The van der Waals surface area contributed by atoms with Crippen LogP contribution in [0.5, 0.6) is 0 Å². The number of aromatic nitrogens is 2. The fourth-order valence-electron chi connectivity index (χ4n) is 4.43. The smallest absolute Gasteiger partial charge is 0.280 e. The SMILES string of the molecule is CC(C)(C)c1[nH]nc2c1C1(C(=O)Nc3cc(Cl)ccc31)N(c1cccc(Cl)c1)C2=O. The van der Waals surface area contributed by atoms with Crippen LogP contribution in [0.4, 0.5) is 11.4 Å². The van der Waals surface area contributed by atoms with Crippen LogP contribution in [-0.2, 0) is 15.7 Å². The molecule has 0 saturated carbocycles. The van der Waals surface area contributed by atoms with Gasteiger partial charge in [-0.15, -0.1) is 0 Å². The number of hydrogen-bond acceptors (Lipinski definition) is 3. The maximum atomic E-state index is 13.7. The summed E-state index contributed by atoms with van der Waals surface area (Å²) in [7, 11) is 0. The number of nitrogens with zero attached hydrogens (tertiary/aromatic N) is 2. The molecule has 2 aliphatic heterocycles. The molecule has 0 saturated heterocycles. The van der Waals surface area contributed by atoms with E-state index in [-0.39, 0.29) is 22.9 Å². The molecule has 0 aliphatic carbocycles. The van der Waals surface area contributed by atoms with Crippen molar-refractivity contribution in [3.63, 3.8) is 0 Å². The number of fused-ring (bicyclic) bond motifs is 4. The number of aromatic amines is 1. The Kier molecular flexibility index (Phi) is 3.89. The van der Waals surface area contributed by atoms with Gasteiger partial charge in [-0.3, -0.25) is 19.6 Å². The molecule has 3 aromatic rings. The van der Waals surface area contributed by atoms with Crippen molar-refractivity contribution in [2.75, 3.05) is 10.2 Å². The third kappa shape index (κ3) is 2.35. The quantitative estimate of drug-likeness (QED) is 0.566. The van der Waals surface area contributed by atoms with E-state index < -0.39 is 5.54 Å². The van der Waals surface area contributed by atoms with Crippen molar-refractivity contribution in [1.82, 2.24) is 10.2 Å². The number of nitrogens with one attached hydrogen (secondary N) is 2. The number of amides is 2. The van der Waals surface area contributed by atoms with E-state index in [9.17, 15) is 9.59 Å². The second kappa shape index (κ2) is 6.09. The normalized spacial score (nSPS) is 20.0. The molecule has 2 aromatic carbocycles. The fourth-order valence-corrected chi connectivity index (χ4v) is 4.79. The lowest BCUT2D eigenvalue weighted by Gasteiger charge is -2.36. The van der Waals surface area contributed by atoms with Crippen LogP contribution in [0.25, 0.3) is 0 Å². The van der Waals surface area contributed by atoms with Crippen molar-refractivity contribution in [1.29, 1.82) is 0 Å². The van der Waals surface area contributed by atoms with E-state index in [0.717, 1.165) is 5.69 Å². The first kappa shape index (κ1) is 19.2. The van der Waals surface area contributed by atoms with Crippen molar-refractivity contribution in [3.8, 4) is 0 Å². The van der Waals surface area contributed by atoms with Crippen LogP contribution in [0, 0.1) is 0 Å². The van der Waals surface area contributed by atoms with Crippen molar-refractivity contribution < 1.29 is 9.59 Å². The first-order valence-corrected chi connectivity index (χ1v) is 10.2. The molecular weight excluding hydrogens is 423 g/mol. The largest absolute Gasteiger partial charge is 0.323 e. The predicted molar refractivity (Wildman–Crippen MR) is 116 cm³/mol. The Morgan fingerprint density at radius 3 is 2.47 bits per heavy atom. The summed E-state index contributed by atoms with van der Waals surface area (Å²) in [5.41, 5.74) is 1.48.